The maximum atomic E-state index is 13.1. The first-order valence-electron chi connectivity index (χ1n) is 9.21. The fourth-order valence-corrected chi connectivity index (χ4v) is 4.47. The Morgan fingerprint density at radius 1 is 1.13 bits per heavy atom. The van der Waals surface area contributed by atoms with Crippen molar-refractivity contribution < 1.29 is 13.2 Å². The third kappa shape index (κ3) is 4.42. The zero-order valence-electron chi connectivity index (χ0n) is 17.0. The number of fused-ring (bicyclic) bond motifs is 1. The number of halogens is 3. The highest BCUT2D eigenvalue weighted by Gasteiger charge is 2.29. The van der Waals surface area contributed by atoms with Gasteiger partial charge < -0.3 is 0 Å². The third-order valence-corrected chi connectivity index (χ3v) is 5.86. The van der Waals surface area contributed by atoms with E-state index in [2.05, 4.69) is 10.1 Å². The molecule has 0 spiro atoms. The molecule has 0 bridgehead atoms. The highest BCUT2D eigenvalue weighted by molar-refractivity contribution is 7.18. The third-order valence-electron chi connectivity index (χ3n) is 4.56. The van der Waals surface area contributed by atoms with Crippen LogP contribution in [0.3, 0.4) is 0 Å². The Hall–Kier alpha value is -2.63. The lowest BCUT2D eigenvalue weighted by molar-refractivity contribution is -0.136. The maximum Gasteiger partial charge on any atom is 0.390 e. The van der Waals surface area contributed by atoms with E-state index in [-0.39, 0.29) is 23.3 Å². The molecule has 0 radical (unpaired) electrons. The number of nitrogens with one attached hydrogen (secondary N) is 1. The Morgan fingerprint density at radius 3 is 2.33 bits per heavy atom. The van der Waals surface area contributed by atoms with Gasteiger partial charge in [0, 0.05) is 18.0 Å². The SMILES string of the molecule is Cc1c(Cn2nc[nH]c2=O)sc2c1c(=O)n(CC(C)(C)C)c(=O)n2CCC(F)(F)F. The Bertz CT molecular complexity index is 1250. The van der Waals surface area contributed by atoms with Crippen molar-refractivity contribution in [3.8, 4) is 0 Å². The molecule has 0 aliphatic rings. The number of H-pyrrole nitrogens is 1. The van der Waals surface area contributed by atoms with Gasteiger partial charge in [0.15, 0.2) is 0 Å². The van der Waals surface area contributed by atoms with Crippen molar-refractivity contribution >= 4 is 21.6 Å². The predicted octanol–water partition coefficient (Wildman–Crippen LogP) is 2.46. The van der Waals surface area contributed by atoms with Gasteiger partial charge in [0.05, 0.1) is 18.4 Å². The summed E-state index contributed by atoms with van der Waals surface area (Å²) < 4.78 is 41.8. The van der Waals surface area contributed by atoms with E-state index < -0.39 is 41.5 Å². The van der Waals surface area contributed by atoms with Crippen LogP contribution in [0.1, 0.15) is 37.6 Å². The number of aryl methyl sites for hydroxylation is 2. The van der Waals surface area contributed by atoms with Crippen molar-refractivity contribution in [2.45, 2.75) is 59.9 Å². The molecule has 30 heavy (non-hydrogen) atoms. The number of aromatic amines is 1. The van der Waals surface area contributed by atoms with Gasteiger partial charge in [-0.3, -0.25) is 18.9 Å². The van der Waals surface area contributed by atoms with Crippen LogP contribution >= 0.6 is 11.3 Å². The van der Waals surface area contributed by atoms with Crippen LogP contribution in [0.2, 0.25) is 0 Å². The molecule has 3 rings (SSSR count). The minimum atomic E-state index is -4.45. The van der Waals surface area contributed by atoms with Crippen LogP contribution in [0.25, 0.3) is 10.2 Å². The molecule has 0 fully saturated rings. The summed E-state index contributed by atoms with van der Waals surface area (Å²) in [5.41, 5.74) is -1.67. The largest absolute Gasteiger partial charge is 0.390 e. The molecule has 1 N–H and O–H groups in total. The molecule has 3 aromatic rings. The quantitative estimate of drug-likeness (QED) is 0.653. The van der Waals surface area contributed by atoms with Crippen LogP contribution in [0.4, 0.5) is 13.2 Å². The van der Waals surface area contributed by atoms with E-state index in [4.69, 9.17) is 0 Å². The summed E-state index contributed by atoms with van der Waals surface area (Å²) in [5.74, 6) is 0. The van der Waals surface area contributed by atoms with Gasteiger partial charge in [-0.2, -0.15) is 18.3 Å². The molecule has 3 aromatic heterocycles. The molecular weight excluding hydrogens is 423 g/mol. The molecule has 12 heteroatoms. The number of hydrogen-bond donors (Lipinski definition) is 1. The van der Waals surface area contributed by atoms with Crippen molar-refractivity contribution in [1.82, 2.24) is 23.9 Å². The number of thiophene rings is 1. The first kappa shape index (κ1) is 22.1. The molecule has 0 aromatic carbocycles. The normalized spacial score (nSPS) is 12.8. The minimum absolute atomic E-state index is 0.0414. The second kappa shape index (κ2) is 7.56. The molecule has 8 nitrogen and oxygen atoms in total. The number of aromatic nitrogens is 5. The van der Waals surface area contributed by atoms with Crippen molar-refractivity contribution in [2.24, 2.45) is 5.41 Å². The van der Waals surface area contributed by atoms with Crippen LogP contribution in [0.5, 0.6) is 0 Å². The van der Waals surface area contributed by atoms with Gasteiger partial charge in [-0.05, 0) is 17.9 Å². The van der Waals surface area contributed by atoms with Crippen LogP contribution < -0.4 is 16.9 Å². The van der Waals surface area contributed by atoms with Gasteiger partial charge in [-0.25, -0.2) is 14.3 Å². The summed E-state index contributed by atoms with van der Waals surface area (Å²) >= 11 is 1.03. The molecule has 0 aliphatic carbocycles. The lowest BCUT2D eigenvalue weighted by atomic mass is 9.97. The van der Waals surface area contributed by atoms with Gasteiger partial charge in [-0.15, -0.1) is 11.3 Å². The predicted molar refractivity (Wildman–Crippen MR) is 107 cm³/mol. The summed E-state index contributed by atoms with van der Waals surface area (Å²) in [5, 5.41) is 4.07. The standard InChI is InChI=1S/C18H22F3N5O3S/c1-10-11(7-26-15(28)22-9-23-26)30-14-12(10)13(27)25(8-17(2,3)4)16(29)24(14)6-5-18(19,20)21/h9H,5-8H2,1-4H3,(H,22,23,28). The van der Waals surface area contributed by atoms with E-state index in [0.717, 1.165) is 25.2 Å². The van der Waals surface area contributed by atoms with Crippen molar-refractivity contribution in [2.75, 3.05) is 0 Å². The van der Waals surface area contributed by atoms with E-state index in [1.54, 1.807) is 6.92 Å². The van der Waals surface area contributed by atoms with Crippen molar-refractivity contribution in [3.63, 3.8) is 0 Å². The highest BCUT2D eigenvalue weighted by atomic mass is 32.1. The monoisotopic (exact) mass is 445 g/mol. The minimum Gasteiger partial charge on any atom is -0.295 e. The molecular formula is C18H22F3N5O3S. The topological polar surface area (TPSA) is 94.7 Å². The van der Waals surface area contributed by atoms with Gasteiger partial charge >= 0.3 is 17.6 Å². The Morgan fingerprint density at radius 2 is 1.80 bits per heavy atom. The lowest BCUT2D eigenvalue weighted by Crippen LogP contribution is -2.42. The van der Waals surface area contributed by atoms with Crippen LogP contribution in [-0.2, 0) is 19.6 Å². The van der Waals surface area contributed by atoms with Gasteiger partial charge in [0.25, 0.3) is 5.56 Å². The van der Waals surface area contributed by atoms with E-state index >= 15 is 0 Å². The molecule has 0 aliphatic heterocycles. The average Bonchev–Trinajstić information content (AvgIpc) is 3.14. The lowest BCUT2D eigenvalue weighted by Gasteiger charge is -2.20. The zero-order chi connectivity index (χ0) is 22.4. The molecule has 164 valence electrons. The van der Waals surface area contributed by atoms with Crippen molar-refractivity contribution in [1.29, 1.82) is 0 Å². The fraction of sp³-hybridized carbons (Fsp3) is 0.556. The molecule has 3 heterocycles. The second-order valence-electron chi connectivity index (χ2n) is 8.33. The maximum absolute atomic E-state index is 13.1. The summed E-state index contributed by atoms with van der Waals surface area (Å²) in [6.45, 7) is 6.67. The molecule has 0 amide bonds. The Labute approximate surface area is 172 Å². The molecule has 0 saturated heterocycles. The number of nitrogens with zero attached hydrogens (tertiary/aromatic N) is 4. The molecule has 0 unspecified atom stereocenters. The molecule has 0 atom stereocenters. The smallest absolute Gasteiger partial charge is 0.295 e. The van der Waals surface area contributed by atoms with Crippen LogP contribution in [0, 0.1) is 12.3 Å². The summed E-state index contributed by atoms with van der Waals surface area (Å²) in [4.78, 5) is 41.0. The number of alkyl halides is 3. The first-order valence-corrected chi connectivity index (χ1v) is 10.0. The van der Waals surface area contributed by atoms with E-state index in [1.165, 1.54) is 6.33 Å². The van der Waals surface area contributed by atoms with Crippen molar-refractivity contribution in [3.05, 3.63) is 48.1 Å². The van der Waals surface area contributed by atoms with Gasteiger partial charge in [0.2, 0.25) is 0 Å². The van der Waals surface area contributed by atoms with E-state index in [1.807, 2.05) is 20.8 Å². The summed E-state index contributed by atoms with van der Waals surface area (Å²) in [6, 6.07) is 0. The Kier molecular flexibility index (Phi) is 5.56. The van der Waals surface area contributed by atoms with Crippen LogP contribution in [-0.4, -0.2) is 30.1 Å². The Balaban J connectivity index is 2.25. The summed E-state index contributed by atoms with van der Waals surface area (Å²) in [7, 11) is 0. The zero-order valence-corrected chi connectivity index (χ0v) is 17.8. The van der Waals surface area contributed by atoms with Gasteiger partial charge in [-0.1, -0.05) is 20.8 Å². The average molecular weight is 445 g/mol. The number of hydrogen-bond acceptors (Lipinski definition) is 5. The van der Waals surface area contributed by atoms with E-state index in [9.17, 15) is 27.6 Å². The molecule has 0 saturated carbocycles. The summed E-state index contributed by atoms with van der Waals surface area (Å²) in [6.07, 6.45) is -4.42. The fourth-order valence-electron chi connectivity index (χ4n) is 3.17. The van der Waals surface area contributed by atoms with Crippen LogP contribution in [0.15, 0.2) is 20.7 Å². The highest BCUT2D eigenvalue weighted by Crippen LogP contribution is 2.30. The van der Waals surface area contributed by atoms with E-state index in [0.29, 0.717) is 10.4 Å². The van der Waals surface area contributed by atoms with Gasteiger partial charge in [0.1, 0.15) is 11.2 Å². The first-order chi connectivity index (χ1) is 13.8. The number of rotatable bonds is 5. The second-order valence-corrected chi connectivity index (χ2v) is 9.42.